The summed E-state index contributed by atoms with van der Waals surface area (Å²) < 4.78 is 5.94. The SMILES string of the molecule is Cc1ccccc1-c1c(O)cccc1Oc1ccccc1. The molecule has 0 aliphatic heterocycles. The first-order valence-electron chi connectivity index (χ1n) is 6.86. The predicted molar refractivity (Wildman–Crippen MR) is 84.8 cm³/mol. The molecule has 1 N–H and O–H groups in total. The van der Waals surface area contributed by atoms with E-state index in [1.165, 1.54) is 0 Å². The predicted octanol–water partition coefficient (Wildman–Crippen LogP) is 5.16. The van der Waals surface area contributed by atoms with Crippen molar-refractivity contribution in [2.75, 3.05) is 0 Å². The largest absolute Gasteiger partial charge is 0.507 e. The summed E-state index contributed by atoms with van der Waals surface area (Å²) in [6.07, 6.45) is 0. The van der Waals surface area contributed by atoms with Gasteiger partial charge in [-0.3, -0.25) is 0 Å². The summed E-state index contributed by atoms with van der Waals surface area (Å²) in [6, 6.07) is 22.9. The van der Waals surface area contributed by atoms with E-state index in [1.807, 2.05) is 67.6 Å². The fourth-order valence-electron chi connectivity index (χ4n) is 2.34. The van der Waals surface area contributed by atoms with E-state index in [9.17, 15) is 5.11 Å². The fourth-order valence-corrected chi connectivity index (χ4v) is 2.34. The minimum absolute atomic E-state index is 0.220. The zero-order chi connectivity index (χ0) is 14.7. The Kier molecular flexibility index (Phi) is 3.61. The lowest BCUT2D eigenvalue weighted by molar-refractivity contribution is 0.458. The molecule has 0 aliphatic carbocycles. The Morgan fingerprint density at radius 1 is 0.762 bits per heavy atom. The van der Waals surface area contributed by atoms with Gasteiger partial charge >= 0.3 is 0 Å². The van der Waals surface area contributed by atoms with Crippen LogP contribution in [0.3, 0.4) is 0 Å². The second kappa shape index (κ2) is 5.71. The first-order valence-corrected chi connectivity index (χ1v) is 6.86. The van der Waals surface area contributed by atoms with Crippen LogP contribution in [0.5, 0.6) is 17.2 Å². The second-order valence-electron chi connectivity index (χ2n) is 4.88. The van der Waals surface area contributed by atoms with Crippen molar-refractivity contribution < 1.29 is 9.84 Å². The Bertz CT molecular complexity index is 749. The Morgan fingerprint density at radius 3 is 2.24 bits per heavy atom. The maximum absolute atomic E-state index is 10.3. The number of phenolic OH excluding ortho intramolecular Hbond substituents is 1. The molecule has 3 aromatic rings. The first-order chi connectivity index (χ1) is 10.3. The topological polar surface area (TPSA) is 29.5 Å². The molecule has 0 bridgehead atoms. The van der Waals surface area contributed by atoms with E-state index in [2.05, 4.69) is 0 Å². The Morgan fingerprint density at radius 2 is 1.48 bits per heavy atom. The Balaban J connectivity index is 2.10. The minimum atomic E-state index is 0.220. The van der Waals surface area contributed by atoms with Crippen LogP contribution < -0.4 is 4.74 Å². The van der Waals surface area contributed by atoms with Gasteiger partial charge in [-0.05, 0) is 42.3 Å². The number of rotatable bonds is 3. The molecule has 2 nitrogen and oxygen atoms in total. The molecule has 104 valence electrons. The summed E-state index contributed by atoms with van der Waals surface area (Å²) >= 11 is 0. The molecule has 0 unspecified atom stereocenters. The van der Waals surface area contributed by atoms with Gasteiger partial charge < -0.3 is 9.84 Å². The maximum Gasteiger partial charge on any atom is 0.138 e. The maximum atomic E-state index is 10.3. The van der Waals surface area contributed by atoms with Crippen LogP contribution in [0.4, 0.5) is 0 Å². The van der Waals surface area contributed by atoms with Crippen molar-refractivity contribution in [1.82, 2.24) is 0 Å². The van der Waals surface area contributed by atoms with Crippen LogP contribution in [0.2, 0.25) is 0 Å². The normalized spacial score (nSPS) is 10.3. The highest BCUT2D eigenvalue weighted by Crippen LogP contribution is 2.40. The van der Waals surface area contributed by atoms with Crippen LogP contribution in [-0.2, 0) is 0 Å². The van der Waals surface area contributed by atoms with Crippen LogP contribution >= 0.6 is 0 Å². The van der Waals surface area contributed by atoms with Gasteiger partial charge in [-0.15, -0.1) is 0 Å². The van der Waals surface area contributed by atoms with Gasteiger partial charge in [0, 0.05) is 0 Å². The molecule has 0 saturated carbocycles. The van der Waals surface area contributed by atoms with E-state index in [-0.39, 0.29) is 5.75 Å². The van der Waals surface area contributed by atoms with Crippen LogP contribution in [-0.4, -0.2) is 5.11 Å². The van der Waals surface area contributed by atoms with Crippen molar-refractivity contribution in [1.29, 1.82) is 0 Å². The lowest BCUT2D eigenvalue weighted by atomic mass is 9.99. The van der Waals surface area contributed by atoms with Gasteiger partial charge in [0.15, 0.2) is 0 Å². The van der Waals surface area contributed by atoms with Crippen molar-refractivity contribution >= 4 is 0 Å². The highest BCUT2D eigenvalue weighted by atomic mass is 16.5. The van der Waals surface area contributed by atoms with Crippen LogP contribution in [0.15, 0.2) is 72.8 Å². The highest BCUT2D eigenvalue weighted by molar-refractivity contribution is 5.79. The lowest BCUT2D eigenvalue weighted by Gasteiger charge is -2.14. The van der Waals surface area contributed by atoms with E-state index >= 15 is 0 Å². The molecule has 0 saturated heterocycles. The van der Waals surface area contributed by atoms with Crippen molar-refractivity contribution in [3.63, 3.8) is 0 Å². The molecular formula is C19H16O2. The van der Waals surface area contributed by atoms with E-state index in [0.29, 0.717) is 5.75 Å². The number of para-hydroxylation sites is 1. The van der Waals surface area contributed by atoms with E-state index in [0.717, 1.165) is 22.4 Å². The van der Waals surface area contributed by atoms with Gasteiger partial charge in [0.25, 0.3) is 0 Å². The molecule has 0 fully saturated rings. The average molecular weight is 276 g/mol. The van der Waals surface area contributed by atoms with Crippen molar-refractivity contribution in [2.45, 2.75) is 6.92 Å². The van der Waals surface area contributed by atoms with E-state index in [4.69, 9.17) is 4.74 Å². The number of hydrogen-bond acceptors (Lipinski definition) is 2. The van der Waals surface area contributed by atoms with Crippen LogP contribution in [0.25, 0.3) is 11.1 Å². The molecule has 3 rings (SSSR count). The number of benzene rings is 3. The monoisotopic (exact) mass is 276 g/mol. The summed E-state index contributed by atoms with van der Waals surface area (Å²) in [5, 5.41) is 10.3. The molecule has 3 aromatic carbocycles. The first kappa shape index (κ1) is 13.3. The number of aromatic hydroxyl groups is 1. The summed E-state index contributed by atoms with van der Waals surface area (Å²) in [4.78, 5) is 0. The fraction of sp³-hybridized carbons (Fsp3) is 0.0526. The van der Waals surface area contributed by atoms with Gasteiger partial charge in [-0.2, -0.15) is 0 Å². The van der Waals surface area contributed by atoms with Gasteiger partial charge in [0.05, 0.1) is 5.56 Å². The zero-order valence-corrected chi connectivity index (χ0v) is 11.8. The summed E-state index contributed by atoms with van der Waals surface area (Å²) in [7, 11) is 0. The lowest BCUT2D eigenvalue weighted by Crippen LogP contribution is -1.90. The molecule has 0 atom stereocenters. The third-order valence-corrected chi connectivity index (χ3v) is 3.39. The quantitative estimate of drug-likeness (QED) is 0.716. The summed E-state index contributed by atoms with van der Waals surface area (Å²) in [5.41, 5.74) is 2.79. The molecule has 0 aromatic heterocycles. The molecule has 0 amide bonds. The molecule has 21 heavy (non-hydrogen) atoms. The standard InChI is InChI=1S/C19H16O2/c1-14-8-5-6-11-16(14)19-17(20)12-7-13-18(19)21-15-9-3-2-4-10-15/h2-13,20H,1H3. The molecular weight excluding hydrogens is 260 g/mol. The number of ether oxygens (including phenoxy) is 1. The molecule has 0 aliphatic rings. The van der Waals surface area contributed by atoms with Crippen molar-refractivity contribution in [3.8, 4) is 28.4 Å². The molecule has 0 spiro atoms. The number of phenols is 1. The number of aryl methyl sites for hydroxylation is 1. The minimum Gasteiger partial charge on any atom is -0.507 e. The average Bonchev–Trinajstić information content (AvgIpc) is 2.50. The van der Waals surface area contributed by atoms with Gasteiger partial charge in [0.1, 0.15) is 17.2 Å². The second-order valence-corrected chi connectivity index (χ2v) is 4.88. The Hall–Kier alpha value is -2.74. The molecule has 0 radical (unpaired) electrons. The number of hydrogen-bond donors (Lipinski definition) is 1. The van der Waals surface area contributed by atoms with Crippen molar-refractivity contribution in [3.05, 3.63) is 78.4 Å². The highest BCUT2D eigenvalue weighted by Gasteiger charge is 2.13. The summed E-state index contributed by atoms with van der Waals surface area (Å²) in [5.74, 6) is 1.62. The van der Waals surface area contributed by atoms with Gasteiger partial charge in [-0.1, -0.05) is 48.5 Å². The van der Waals surface area contributed by atoms with Gasteiger partial charge in [-0.25, -0.2) is 0 Å². The van der Waals surface area contributed by atoms with Crippen LogP contribution in [0, 0.1) is 6.92 Å². The third kappa shape index (κ3) is 2.75. The molecule has 2 heteroatoms. The van der Waals surface area contributed by atoms with Gasteiger partial charge in [0.2, 0.25) is 0 Å². The zero-order valence-electron chi connectivity index (χ0n) is 11.8. The molecule has 0 heterocycles. The van der Waals surface area contributed by atoms with Crippen molar-refractivity contribution in [2.24, 2.45) is 0 Å². The smallest absolute Gasteiger partial charge is 0.138 e. The van der Waals surface area contributed by atoms with Crippen LogP contribution in [0.1, 0.15) is 5.56 Å². The van der Waals surface area contributed by atoms with E-state index in [1.54, 1.807) is 12.1 Å². The third-order valence-electron chi connectivity index (χ3n) is 3.39. The van der Waals surface area contributed by atoms with E-state index < -0.39 is 0 Å². The Labute approximate surface area is 124 Å². The summed E-state index contributed by atoms with van der Waals surface area (Å²) in [6.45, 7) is 2.02.